The third-order valence-electron chi connectivity index (χ3n) is 1.66. The quantitative estimate of drug-likeness (QED) is 0.371. The molecule has 0 aliphatic heterocycles. The Morgan fingerprint density at radius 3 is 1.25 bits per heavy atom. The second-order valence-corrected chi connectivity index (χ2v) is 3.72. The molecule has 1 rings (SSSR count). The number of hydrogen-bond donors (Lipinski definition) is 2. The number of alkyl halides is 6. The van der Waals surface area contributed by atoms with Gasteiger partial charge in [-0.2, -0.15) is 17.6 Å². The van der Waals surface area contributed by atoms with Crippen LogP contribution in [0.5, 0.6) is 0 Å². The Labute approximate surface area is 73.7 Å². The third kappa shape index (κ3) is 0.662. The topological polar surface area (TPSA) is 40.5 Å². The van der Waals surface area contributed by atoms with Crippen molar-refractivity contribution >= 4 is 23.2 Å². The minimum absolute atomic E-state index is 3.58. The Bertz CT molecular complexity index is 163. The SMILES string of the molecule is OC1(O)C(F)(F)C(F)(F)C1(Cl)Cl. The Kier molecular flexibility index (Phi) is 1.72. The minimum Gasteiger partial charge on any atom is -0.358 e. The zero-order chi connectivity index (χ0) is 10.0. The molecule has 2 nitrogen and oxygen atoms in total. The van der Waals surface area contributed by atoms with Gasteiger partial charge in [0.1, 0.15) is 0 Å². The van der Waals surface area contributed by atoms with Crippen molar-refractivity contribution in [3.63, 3.8) is 0 Å². The predicted octanol–water partition coefficient (Wildman–Crippen LogP) is 1.13. The standard InChI is InChI=1S/C4H2Cl2F4O2/c5-1(6)2(7,8)3(9,10)4(1,11)12/h11-12H. The maximum atomic E-state index is 12.3. The first kappa shape index (κ1) is 10.3. The van der Waals surface area contributed by atoms with Crippen LogP contribution < -0.4 is 0 Å². The molecule has 0 aromatic carbocycles. The van der Waals surface area contributed by atoms with Gasteiger partial charge in [0, 0.05) is 0 Å². The van der Waals surface area contributed by atoms with Crippen molar-refractivity contribution in [1.29, 1.82) is 0 Å². The summed E-state index contributed by atoms with van der Waals surface area (Å²) in [6.45, 7) is 0. The first-order chi connectivity index (χ1) is 5.00. The maximum absolute atomic E-state index is 12.3. The molecule has 1 fully saturated rings. The highest BCUT2D eigenvalue weighted by atomic mass is 35.5. The predicted molar refractivity (Wildman–Crippen MR) is 31.5 cm³/mol. The first-order valence-corrected chi connectivity index (χ1v) is 3.34. The van der Waals surface area contributed by atoms with E-state index in [9.17, 15) is 17.6 Å². The summed E-state index contributed by atoms with van der Waals surface area (Å²) in [6.07, 6.45) is 0. The largest absolute Gasteiger partial charge is 0.368 e. The molecule has 2 N–H and O–H groups in total. The van der Waals surface area contributed by atoms with Crippen LogP contribution in [0.25, 0.3) is 0 Å². The van der Waals surface area contributed by atoms with Crippen LogP contribution in [-0.2, 0) is 0 Å². The van der Waals surface area contributed by atoms with Gasteiger partial charge in [0.15, 0.2) is 0 Å². The normalized spacial score (nSPS) is 34.0. The van der Waals surface area contributed by atoms with Gasteiger partial charge in [-0.3, -0.25) is 0 Å². The lowest BCUT2D eigenvalue weighted by molar-refractivity contribution is -0.451. The van der Waals surface area contributed by atoms with Crippen molar-refractivity contribution in [3.05, 3.63) is 0 Å². The van der Waals surface area contributed by atoms with Gasteiger partial charge in [0.05, 0.1) is 0 Å². The van der Waals surface area contributed by atoms with Crippen LogP contribution >= 0.6 is 23.2 Å². The number of hydrogen-bond acceptors (Lipinski definition) is 2. The molecule has 0 radical (unpaired) electrons. The first-order valence-electron chi connectivity index (χ1n) is 2.58. The average molecular weight is 229 g/mol. The molecule has 72 valence electrons. The van der Waals surface area contributed by atoms with Gasteiger partial charge in [-0.1, -0.05) is 23.2 Å². The average Bonchev–Trinajstić information content (AvgIpc) is 1.84. The zero-order valence-electron chi connectivity index (χ0n) is 5.16. The Morgan fingerprint density at radius 1 is 0.833 bits per heavy atom. The summed E-state index contributed by atoms with van der Waals surface area (Å²) >= 11 is 9.22. The van der Waals surface area contributed by atoms with Crippen LogP contribution in [0.1, 0.15) is 0 Å². The molecular formula is C4H2Cl2F4O2. The highest BCUT2D eigenvalue weighted by molar-refractivity contribution is 6.51. The lowest BCUT2D eigenvalue weighted by Gasteiger charge is -2.55. The van der Waals surface area contributed by atoms with E-state index in [0.717, 1.165) is 0 Å². The van der Waals surface area contributed by atoms with Crippen molar-refractivity contribution in [1.82, 2.24) is 0 Å². The van der Waals surface area contributed by atoms with E-state index in [-0.39, 0.29) is 0 Å². The van der Waals surface area contributed by atoms with Gasteiger partial charge in [-0.25, -0.2) is 0 Å². The number of aliphatic hydroxyl groups is 2. The molecule has 0 bridgehead atoms. The van der Waals surface area contributed by atoms with Crippen molar-refractivity contribution in [2.45, 2.75) is 22.0 Å². The van der Waals surface area contributed by atoms with Crippen molar-refractivity contribution < 1.29 is 27.8 Å². The summed E-state index contributed by atoms with van der Waals surface area (Å²) in [5.41, 5.74) is 0. The zero-order valence-corrected chi connectivity index (χ0v) is 6.67. The molecule has 12 heavy (non-hydrogen) atoms. The summed E-state index contributed by atoms with van der Waals surface area (Å²) in [6, 6.07) is 0. The van der Waals surface area contributed by atoms with Gasteiger partial charge in [-0.05, 0) is 0 Å². The van der Waals surface area contributed by atoms with Crippen LogP contribution in [0.4, 0.5) is 17.6 Å². The van der Waals surface area contributed by atoms with E-state index >= 15 is 0 Å². The molecule has 8 heteroatoms. The lowest BCUT2D eigenvalue weighted by atomic mass is 9.80. The van der Waals surface area contributed by atoms with E-state index in [4.69, 9.17) is 10.2 Å². The molecule has 0 saturated heterocycles. The van der Waals surface area contributed by atoms with Gasteiger partial charge < -0.3 is 10.2 Å². The molecule has 0 spiro atoms. The van der Waals surface area contributed by atoms with Crippen LogP contribution in [-0.4, -0.2) is 32.2 Å². The van der Waals surface area contributed by atoms with Crippen molar-refractivity contribution in [2.24, 2.45) is 0 Å². The van der Waals surface area contributed by atoms with E-state index in [0.29, 0.717) is 0 Å². The molecule has 0 heterocycles. The fraction of sp³-hybridized carbons (Fsp3) is 1.00. The van der Waals surface area contributed by atoms with Crippen LogP contribution in [0.3, 0.4) is 0 Å². The second-order valence-electron chi connectivity index (χ2n) is 2.40. The molecule has 0 unspecified atom stereocenters. The fourth-order valence-electron chi connectivity index (χ4n) is 0.770. The van der Waals surface area contributed by atoms with E-state index in [1.165, 1.54) is 0 Å². The third-order valence-corrected chi connectivity index (χ3v) is 2.67. The summed E-state index contributed by atoms with van der Waals surface area (Å²) in [7, 11) is 0. The molecule has 1 aliphatic carbocycles. The van der Waals surface area contributed by atoms with Crippen LogP contribution in [0, 0.1) is 0 Å². The fourth-order valence-corrected chi connectivity index (χ4v) is 1.24. The van der Waals surface area contributed by atoms with Crippen molar-refractivity contribution in [2.75, 3.05) is 0 Å². The summed E-state index contributed by atoms with van der Waals surface area (Å²) in [5, 5.41) is 16.7. The smallest absolute Gasteiger partial charge is 0.358 e. The van der Waals surface area contributed by atoms with Crippen LogP contribution in [0.15, 0.2) is 0 Å². The lowest BCUT2D eigenvalue weighted by Crippen LogP contribution is -2.85. The van der Waals surface area contributed by atoms with E-state index in [2.05, 4.69) is 23.2 Å². The van der Waals surface area contributed by atoms with Gasteiger partial charge in [0.25, 0.3) is 5.79 Å². The highest BCUT2D eigenvalue weighted by Gasteiger charge is 2.95. The number of rotatable bonds is 0. The van der Waals surface area contributed by atoms with Gasteiger partial charge in [0.2, 0.25) is 4.33 Å². The highest BCUT2D eigenvalue weighted by Crippen LogP contribution is 2.67. The maximum Gasteiger partial charge on any atom is 0.368 e. The Hall–Kier alpha value is 0.220. The van der Waals surface area contributed by atoms with E-state index < -0.39 is 22.0 Å². The molecule has 0 aromatic heterocycles. The van der Waals surface area contributed by atoms with Gasteiger partial charge in [-0.15, -0.1) is 0 Å². The monoisotopic (exact) mass is 228 g/mol. The molecule has 1 saturated carbocycles. The molecular weight excluding hydrogens is 227 g/mol. The summed E-state index contributed by atoms with van der Waals surface area (Å²) < 4.78 is 45.3. The Morgan fingerprint density at radius 2 is 1.17 bits per heavy atom. The van der Waals surface area contributed by atoms with Gasteiger partial charge >= 0.3 is 11.8 Å². The molecule has 0 atom stereocenters. The van der Waals surface area contributed by atoms with E-state index in [1.54, 1.807) is 0 Å². The number of halogens is 6. The second kappa shape index (κ2) is 2.00. The molecule has 1 aliphatic rings. The van der Waals surface area contributed by atoms with Crippen molar-refractivity contribution in [3.8, 4) is 0 Å². The Balaban J connectivity index is 3.16. The van der Waals surface area contributed by atoms with Crippen LogP contribution in [0.2, 0.25) is 0 Å². The van der Waals surface area contributed by atoms with E-state index in [1.807, 2.05) is 0 Å². The molecule has 0 aromatic rings. The minimum atomic E-state index is -5.04. The summed E-state index contributed by atoms with van der Waals surface area (Å²) in [4.78, 5) is 0. The molecule has 0 amide bonds. The summed E-state index contributed by atoms with van der Waals surface area (Å²) in [5.74, 6) is -14.0.